The summed E-state index contributed by atoms with van der Waals surface area (Å²) in [7, 11) is 0. The third kappa shape index (κ3) is 2.71. The Hall–Kier alpha value is -2.24. The van der Waals surface area contributed by atoms with Gasteiger partial charge in [-0.05, 0) is 25.1 Å². The molecule has 1 aromatic carbocycles. The molecule has 18 heavy (non-hydrogen) atoms. The lowest BCUT2D eigenvalue weighted by molar-refractivity contribution is -0.120. The normalized spacial score (nSPS) is 12.1. The summed E-state index contributed by atoms with van der Waals surface area (Å²) >= 11 is 0. The van der Waals surface area contributed by atoms with Crippen molar-refractivity contribution in [2.24, 2.45) is 0 Å². The first kappa shape index (κ1) is 12.2. The number of ether oxygens (including phenoxy) is 2. The van der Waals surface area contributed by atoms with Gasteiger partial charge in [0.15, 0.2) is 11.5 Å². The maximum atomic E-state index is 11.8. The zero-order valence-electron chi connectivity index (χ0n) is 9.99. The summed E-state index contributed by atoms with van der Waals surface area (Å²) in [4.78, 5) is 23.0. The number of amides is 2. The Bertz CT molecular complexity index is 473. The van der Waals surface area contributed by atoms with Gasteiger partial charge in [-0.2, -0.15) is 0 Å². The topological polar surface area (TPSA) is 76.7 Å². The molecular weight excluding hydrogens is 236 g/mol. The fourth-order valence-electron chi connectivity index (χ4n) is 1.56. The zero-order valence-corrected chi connectivity index (χ0v) is 9.99. The second-order valence-electron chi connectivity index (χ2n) is 3.70. The number of carbonyl (C=O) groups is 2. The molecule has 6 nitrogen and oxygen atoms in total. The Kier molecular flexibility index (Phi) is 3.66. The molecule has 96 valence electrons. The van der Waals surface area contributed by atoms with Gasteiger partial charge >= 0.3 is 0 Å². The highest BCUT2D eigenvalue weighted by Gasteiger charge is 2.16. The van der Waals surface area contributed by atoms with Crippen molar-refractivity contribution < 1.29 is 19.1 Å². The minimum atomic E-state index is -0.320. The number of fused-ring (bicyclic) bond motifs is 1. The number of hydrogen-bond acceptors (Lipinski definition) is 4. The maximum absolute atomic E-state index is 11.8. The van der Waals surface area contributed by atoms with E-state index in [1.54, 1.807) is 18.2 Å². The molecule has 1 heterocycles. The van der Waals surface area contributed by atoms with E-state index in [0.717, 1.165) is 0 Å². The molecule has 2 amide bonds. The zero-order chi connectivity index (χ0) is 13.0. The lowest BCUT2D eigenvalue weighted by Crippen LogP contribution is -2.36. The molecule has 0 spiro atoms. The molecule has 0 atom stereocenters. The van der Waals surface area contributed by atoms with Crippen LogP contribution in [-0.2, 0) is 4.79 Å². The Balaban J connectivity index is 1.95. The van der Waals surface area contributed by atoms with Crippen molar-refractivity contribution in [1.82, 2.24) is 10.6 Å². The van der Waals surface area contributed by atoms with Crippen LogP contribution in [0.5, 0.6) is 11.5 Å². The van der Waals surface area contributed by atoms with Crippen molar-refractivity contribution in [2.75, 3.05) is 19.9 Å². The summed E-state index contributed by atoms with van der Waals surface area (Å²) in [5.74, 6) is 0.627. The molecule has 0 saturated carbocycles. The second-order valence-corrected chi connectivity index (χ2v) is 3.70. The number of nitrogens with one attached hydrogen (secondary N) is 2. The number of likely N-dealkylation sites (N-methyl/N-ethyl adjacent to an activating group) is 1. The van der Waals surface area contributed by atoms with E-state index in [2.05, 4.69) is 10.6 Å². The van der Waals surface area contributed by atoms with Crippen molar-refractivity contribution in [3.05, 3.63) is 23.8 Å². The van der Waals surface area contributed by atoms with E-state index in [1.807, 2.05) is 6.92 Å². The van der Waals surface area contributed by atoms with Crippen LogP contribution < -0.4 is 20.1 Å². The predicted octanol–water partition coefficient (Wildman–Crippen LogP) is 0.281. The van der Waals surface area contributed by atoms with Crippen LogP contribution in [0.15, 0.2) is 18.2 Å². The minimum absolute atomic E-state index is 0.0406. The van der Waals surface area contributed by atoms with E-state index in [4.69, 9.17) is 9.47 Å². The van der Waals surface area contributed by atoms with Gasteiger partial charge < -0.3 is 20.1 Å². The molecular formula is C12H14N2O4. The van der Waals surface area contributed by atoms with Crippen molar-refractivity contribution in [3.8, 4) is 11.5 Å². The summed E-state index contributed by atoms with van der Waals surface area (Å²) in [5.41, 5.74) is 0.434. The van der Waals surface area contributed by atoms with Crippen molar-refractivity contribution in [2.45, 2.75) is 6.92 Å². The SMILES string of the molecule is CCNC(=O)CNC(=O)c1ccc2c(c1)OCO2. The average Bonchev–Trinajstić information content (AvgIpc) is 2.83. The van der Waals surface area contributed by atoms with Gasteiger partial charge in [0.05, 0.1) is 6.54 Å². The number of benzene rings is 1. The van der Waals surface area contributed by atoms with Crippen LogP contribution in [0.1, 0.15) is 17.3 Å². The summed E-state index contributed by atoms with van der Waals surface area (Å²) in [6.07, 6.45) is 0. The van der Waals surface area contributed by atoms with Gasteiger partial charge in [-0.1, -0.05) is 0 Å². The highest BCUT2D eigenvalue weighted by atomic mass is 16.7. The van der Waals surface area contributed by atoms with Crippen molar-refractivity contribution >= 4 is 11.8 Å². The molecule has 1 aromatic rings. The molecule has 0 saturated heterocycles. The largest absolute Gasteiger partial charge is 0.454 e. The van der Waals surface area contributed by atoms with E-state index >= 15 is 0 Å². The van der Waals surface area contributed by atoms with Crippen LogP contribution in [0, 0.1) is 0 Å². The standard InChI is InChI=1S/C12H14N2O4/c1-2-13-11(15)6-14-12(16)8-3-4-9-10(5-8)18-7-17-9/h3-5H,2,6-7H2,1H3,(H,13,15)(H,14,16). The lowest BCUT2D eigenvalue weighted by Gasteiger charge is -2.05. The van der Waals surface area contributed by atoms with Gasteiger partial charge in [-0.3, -0.25) is 9.59 Å². The Morgan fingerprint density at radius 2 is 2.00 bits per heavy atom. The average molecular weight is 250 g/mol. The summed E-state index contributed by atoms with van der Waals surface area (Å²) < 4.78 is 10.3. The predicted molar refractivity (Wildman–Crippen MR) is 63.6 cm³/mol. The number of carbonyl (C=O) groups excluding carboxylic acids is 2. The van der Waals surface area contributed by atoms with Crippen LogP contribution in [0.3, 0.4) is 0 Å². The third-order valence-corrected chi connectivity index (χ3v) is 2.42. The minimum Gasteiger partial charge on any atom is -0.454 e. The van der Waals surface area contributed by atoms with Crippen LogP contribution >= 0.6 is 0 Å². The van der Waals surface area contributed by atoms with E-state index in [0.29, 0.717) is 23.6 Å². The number of hydrogen-bond donors (Lipinski definition) is 2. The highest BCUT2D eigenvalue weighted by molar-refractivity contribution is 5.97. The van der Waals surface area contributed by atoms with Crippen LogP contribution in [0.2, 0.25) is 0 Å². The molecule has 2 rings (SSSR count). The highest BCUT2D eigenvalue weighted by Crippen LogP contribution is 2.32. The summed E-state index contributed by atoms with van der Waals surface area (Å²) in [6, 6.07) is 4.89. The Morgan fingerprint density at radius 3 is 2.78 bits per heavy atom. The van der Waals surface area contributed by atoms with Gasteiger partial charge in [0.2, 0.25) is 12.7 Å². The van der Waals surface area contributed by atoms with E-state index in [9.17, 15) is 9.59 Å². The lowest BCUT2D eigenvalue weighted by atomic mass is 10.2. The second kappa shape index (κ2) is 5.39. The first-order valence-electron chi connectivity index (χ1n) is 5.65. The van der Waals surface area contributed by atoms with Crippen LogP contribution in [0.25, 0.3) is 0 Å². The molecule has 0 unspecified atom stereocenters. The molecule has 2 N–H and O–H groups in total. The molecule has 0 bridgehead atoms. The van der Waals surface area contributed by atoms with Gasteiger partial charge in [0, 0.05) is 12.1 Å². The third-order valence-electron chi connectivity index (χ3n) is 2.42. The fraction of sp³-hybridized carbons (Fsp3) is 0.333. The Labute approximate surface area is 104 Å². The van der Waals surface area contributed by atoms with Gasteiger partial charge in [-0.25, -0.2) is 0 Å². The smallest absolute Gasteiger partial charge is 0.251 e. The van der Waals surface area contributed by atoms with Gasteiger partial charge in [0.25, 0.3) is 5.91 Å². The summed E-state index contributed by atoms with van der Waals surface area (Å²) in [5, 5.41) is 5.12. The van der Waals surface area contributed by atoms with E-state index in [1.165, 1.54) is 0 Å². The first-order valence-corrected chi connectivity index (χ1v) is 5.65. The molecule has 0 aliphatic carbocycles. The van der Waals surface area contributed by atoms with Gasteiger partial charge in [-0.15, -0.1) is 0 Å². The monoisotopic (exact) mass is 250 g/mol. The van der Waals surface area contributed by atoms with Crippen molar-refractivity contribution in [1.29, 1.82) is 0 Å². The quantitative estimate of drug-likeness (QED) is 0.804. The maximum Gasteiger partial charge on any atom is 0.251 e. The molecule has 0 radical (unpaired) electrons. The molecule has 0 fully saturated rings. The molecule has 0 aromatic heterocycles. The fourth-order valence-corrected chi connectivity index (χ4v) is 1.56. The molecule has 1 aliphatic rings. The molecule has 6 heteroatoms. The van der Waals surface area contributed by atoms with Gasteiger partial charge in [0.1, 0.15) is 0 Å². The van der Waals surface area contributed by atoms with E-state index in [-0.39, 0.29) is 25.2 Å². The van der Waals surface area contributed by atoms with Crippen LogP contribution in [-0.4, -0.2) is 31.7 Å². The first-order chi connectivity index (χ1) is 8.70. The molecule has 1 aliphatic heterocycles. The number of rotatable bonds is 4. The van der Waals surface area contributed by atoms with E-state index < -0.39 is 0 Å². The van der Waals surface area contributed by atoms with Crippen LogP contribution in [0.4, 0.5) is 0 Å². The Morgan fingerprint density at radius 1 is 1.22 bits per heavy atom. The van der Waals surface area contributed by atoms with Crippen molar-refractivity contribution in [3.63, 3.8) is 0 Å². The summed E-state index contributed by atoms with van der Waals surface area (Å²) in [6.45, 7) is 2.48.